The van der Waals surface area contributed by atoms with Crippen LogP contribution in [0.1, 0.15) is 60.4 Å². The molecule has 0 aromatic heterocycles. The second kappa shape index (κ2) is 15.0. The van der Waals surface area contributed by atoms with Gasteiger partial charge in [-0.15, -0.1) is 0 Å². The highest BCUT2D eigenvalue weighted by atomic mass is 19.3. The number of methoxy groups -OCH3 is 2. The zero-order chi connectivity index (χ0) is 30.0. The van der Waals surface area contributed by atoms with Crippen molar-refractivity contribution in [2.45, 2.75) is 50.4 Å². The molecule has 1 fully saturated rings. The molecule has 226 valence electrons. The Balaban J connectivity index is 1.48. The third kappa shape index (κ3) is 8.55. The molecule has 3 rings (SSSR count). The molecule has 1 heterocycles. The Labute approximate surface area is 241 Å². The van der Waals surface area contributed by atoms with E-state index in [9.17, 15) is 14.7 Å². The first kappa shape index (κ1) is 32.1. The second-order valence-electron chi connectivity index (χ2n) is 10.6. The van der Waals surface area contributed by atoms with Crippen LogP contribution >= 0.6 is 0 Å². The molecule has 0 unspecified atom stereocenters. The number of likely N-dealkylation sites (tertiary alicyclic amines) is 1. The topological polar surface area (TPSA) is 88.5 Å². The van der Waals surface area contributed by atoms with Crippen LogP contribution in [0.5, 0.6) is 17.2 Å². The maximum Gasteiger partial charge on any atom is 0.265 e. The van der Waals surface area contributed by atoms with Gasteiger partial charge in [0, 0.05) is 46.3 Å². The molecule has 8 nitrogen and oxygen atoms in total. The van der Waals surface area contributed by atoms with E-state index >= 15 is 8.78 Å². The summed E-state index contributed by atoms with van der Waals surface area (Å²) in [5.41, 5.74) is 0.660. The van der Waals surface area contributed by atoms with Gasteiger partial charge in [0.05, 0.1) is 26.4 Å². The molecule has 1 aliphatic heterocycles. The summed E-state index contributed by atoms with van der Waals surface area (Å²) < 4.78 is 46.6. The van der Waals surface area contributed by atoms with Gasteiger partial charge in [-0.05, 0) is 61.4 Å². The van der Waals surface area contributed by atoms with Gasteiger partial charge < -0.3 is 29.1 Å². The fourth-order valence-electron chi connectivity index (χ4n) is 5.21. The zero-order valence-electron chi connectivity index (χ0n) is 24.4. The van der Waals surface area contributed by atoms with Crippen LogP contribution in [0.3, 0.4) is 0 Å². The van der Waals surface area contributed by atoms with Crippen LogP contribution in [-0.2, 0) is 4.79 Å². The largest absolute Gasteiger partial charge is 0.497 e. The monoisotopic (exact) mass is 576 g/mol. The number of halogens is 2. The van der Waals surface area contributed by atoms with Crippen molar-refractivity contribution in [2.24, 2.45) is 5.92 Å². The lowest BCUT2D eigenvalue weighted by atomic mass is 9.87. The first-order chi connectivity index (χ1) is 19.6. The molecule has 1 N–H and O–H groups in total. The number of aliphatic hydroxyl groups is 1. The lowest BCUT2D eigenvalue weighted by Gasteiger charge is -2.36. The summed E-state index contributed by atoms with van der Waals surface area (Å²) in [4.78, 5) is 28.7. The molecule has 10 heteroatoms. The molecule has 0 saturated carbocycles. The summed E-state index contributed by atoms with van der Waals surface area (Å²) >= 11 is 0. The number of nitrogens with zero attached hydrogens (tertiary/aromatic N) is 2. The van der Waals surface area contributed by atoms with Crippen LogP contribution in [0.25, 0.3) is 0 Å². The van der Waals surface area contributed by atoms with Crippen LogP contribution < -0.4 is 14.2 Å². The van der Waals surface area contributed by atoms with Crippen molar-refractivity contribution in [2.75, 3.05) is 54.6 Å². The lowest BCUT2D eigenvalue weighted by Crippen LogP contribution is -2.46. The van der Waals surface area contributed by atoms with Crippen molar-refractivity contribution in [3.8, 4) is 17.2 Å². The van der Waals surface area contributed by atoms with Crippen LogP contribution in [0, 0.1) is 5.92 Å². The maximum atomic E-state index is 15.1. The predicted octanol–water partition coefficient (Wildman–Crippen LogP) is 4.99. The number of hydrogen-bond donors (Lipinski definition) is 1. The summed E-state index contributed by atoms with van der Waals surface area (Å²) in [5.74, 6) is -3.92. The Kier molecular flexibility index (Phi) is 11.8. The quantitative estimate of drug-likeness (QED) is 0.319. The van der Waals surface area contributed by atoms with Gasteiger partial charge in [-0.25, -0.2) is 8.78 Å². The number of amides is 2. The molecular formula is C31H42F2N2O6. The first-order valence-electron chi connectivity index (χ1n) is 14.0. The first-order valence-corrected chi connectivity index (χ1v) is 14.0. The Hall–Kier alpha value is -3.40. The minimum Gasteiger partial charge on any atom is -0.497 e. The van der Waals surface area contributed by atoms with Crippen molar-refractivity contribution in [1.29, 1.82) is 0 Å². The minimum absolute atomic E-state index is 0.143. The standard InChI is InChI=1S/C31H42F2N2O6/c1-34(2)29(37)26-12-11-25(21-27(26)40-4)41-19-6-5-8-22-13-16-35(17-14-22)30(38)28(31(32,33)15-18-36)23-9-7-10-24(20-23)39-3/h7,9-12,20-22,28,36H,5-6,8,13-19H2,1-4H3/t28-/m0/s1. The molecule has 1 aliphatic rings. The Morgan fingerprint density at radius 3 is 2.41 bits per heavy atom. The number of hydrogen-bond acceptors (Lipinski definition) is 6. The number of ether oxygens (including phenoxy) is 3. The van der Waals surface area contributed by atoms with E-state index in [1.165, 1.54) is 36.2 Å². The van der Waals surface area contributed by atoms with E-state index in [0.29, 0.717) is 48.4 Å². The average molecular weight is 577 g/mol. The molecule has 1 saturated heterocycles. The van der Waals surface area contributed by atoms with Crippen molar-refractivity contribution in [3.05, 3.63) is 53.6 Å². The van der Waals surface area contributed by atoms with Gasteiger partial charge in [0.1, 0.15) is 23.2 Å². The third-order valence-corrected chi connectivity index (χ3v) is 7.55. The fourth-order valence-corrected chi connectivity index (χ4v) is 5.21. The summed E-state index contributed by atoms with van der Waals surface area (Å²) in [6.07, 6.45) is 3.46. The van der Waals surface area contributed by atoms with Gasteiger partial charge in [0.2, 0.25) is 5.91 Å². The van der Waals surface area contributed by atoms with E-state index in [0.717, 1.165) is 32.1 Å². The number of unbranched alkanes of at least 4 members (excludes halogenated alkanes) is 1. The second-order valence-corrected chi connectivity index (χ2v) is 10.6. The van der Waals surface area contributed by atoms with Gasteiger partial charge in [-0.1, -0.05) is 18.6 Å². The van der Waals surface area contributed by atoms with E-state index in [2.05, 4.69) is 0 Å². The molecule has 2 amide bonds. The molecule has 0 spiro atoms. The summed E-state index contributed by atoms with van der Waals surface area (Å²) in [6.45, 7) is 0.659. The molecule has 0 aliphatic carbocycles. The van der Waals surface area contributed by atoms with Gasteiger partial charge in [0.15, 0.2) is 0 Å². The molecule has 1 atom stereocenters. The normalized spacial score (nSPS) is 14.9. The van der Waals surface area contributed by atoms with Crippen molar-refractivity contribution < 1.29 is 37.7 Å². The van der Waals surface area contributed by atoms with Crippen LogP contribution in [-0.4, -0.2) is 87.3 Å². The molecule has 0 bridgehead atoms. The number of carbonyl (C=O) groups excluding carboxylic acids is 2. The van der Waals surface area contributed by atoms with Crippen molar-refractivity contribution >= 4 is 11.8 Å². The smallest absolute Gasteiger partial charge is 0.265 e. The Morgan fingerprint density at radius 1 is 1.05 bits per heavy atom. The summed E-state index contributed by atoms with van der Waals surface area (Å²) in [6, 6.07) is 11.4. The third-order valence-electron chi connectivity index (χ3n) is 7.55. The zero-order valence-corrected chi connectivity index (χ0v) is 24.4. The van der Waals surface area contributed by atoms with Gasteiger partial charge in [0.25, 0.3) is 11.8 Å². The number of alkyl halides is 2. The van der Waals surface area contributed by atoms with Crippen molar-refractivity contribution in [1.82, 2.24) is 9.80 Å². The fraction of sp³-hybridized carbons (Fsp3) is 0.548. The van der Waals surface area contributed by atoms with Gasteiger partial charge in [-0.2, -0.15) is 0 Å². The van der Waals surface area contributed by atoms with Gasteiger partial charge in [-0.3, -0.25) is 9.59 Å². The van der Waals surface area contributed by atoms with Gasteiger partial charge >= 0.3 is 0 Å². The lowest BCUT2D eigenvalue weighted by molar-refractivity contribution is -0.145. The maximum absolute atomic E-state index is 15.1. The number of aliphatic hydroxyl groups excluding tert-OH is 1. The minimum atomic E-state index is -3.39. The molecule has 41 heavy (non-hydrogen) atoms. The van der Waals surface area contributed by atoms with Crippen LogP contribution in [0.15, 0.2) is 42.5 Å². The molecule has 0 radical (unpaired) electrons. The Morgan fingerprint density at radius 2 is 1.78 bits per heavy atom. The number of rotatable bonds is 14. The van der Waals surface area contributed by atoms with E-state index in [4.69, 9.17) is 14.2 Å². The van der Waals surface area contributed by atoms with E-state index in [1.807, 2.05) is 0 Å². The highest BCUT2D eigenvalue weighted by molar-refractivity contribution is 5.96. The van der Waals surface area contributed by atoms with E-state index < -0.39 is 30.8 Å². The molecule has 2 aromatic rings. The number of carbonyl (C=O) groups is 2. The number of benzene rings is 2. The van der Waals surface area contributed by atoms with Crippen LogP contribution in [0.2, 0.25) is 0 Å². The Bertz CT molecular complexity index is 1150. The molecular weight excluding hydrogens is 534 g/mol. The predicted molar refractivity (Wildman–Crippen MR) is 152 cm³/mol. The van der Waals surface area contributed by atoms with E-state index in [-0.39, 0.29) is 11.5 Å². The SMILES string of the molecule is COc1cccc([C@@H](C(=O)N2CCC(CCCCOc3ccc(C(=O)N(C)C)c(OC)c3)CC2)C(F)(F)CCO)c1. The average Bonchev–Trinajstić information content (AvgIpc) is 2.96. The van der Waals surface area contributed by atoms with E-state index in [1.54, 1.807) is 44.4 Å². The molecule has 2 aromatic carbocycles. The summed E-state index contributed by atoms with van der Waals surface area (Å²) in [5, 5.41) is 9.23. The highest BCUT2D eigenvalue weighted by Crippen LogP contribution is 2.39. The van der Waals surface area contributed by atoms with Crippen LogP contribution in [0.4, 0.5) is 8.78 Å². The number of piperidine rings is 1. The van der Waals surface area contributed by atoms with Crippen molar-refractivity contribution in [3.63, 3.8) is 0 Å². The summed E-state index contributed by atoms with van der Waals surface area (Å²) in [7, 11) is 6.34. The highest BCUT2D eigenvalue weighted by Gasteiger charge is 2.47.